The van der Waals surface area contributed by atoms with Crippen molar-refractivity contribution in [2.24, 2.45) is 0 Å². The van der Waals surface area contributed by atoms with Gasteiger partial charge in [-0.2, -0.15) is 0 Å². The zero-order chi connectivity index (χ0) is 18.8. The number of amides is 1. The Balaban J connectivity index is 0.000000441. The molecule has 138 valence electrons. The van der Waals surface area contributed by atoms with E-state index in [9.17, 15) is 4.79 Å². The minimum atomic E-state index is -0.433. The molecule has 1 aromatic rings. The summed E-state index contributed by atoms with van der Waals surface area (Å²) < 4.78 is 15.4. The van der Waals surface area contributed by atoms with Crippen LogP contribution in [0.4, 0.5) is 4.79 Å². The van der Waals surface area contributed by atoms with Gasteiger partial charge in [0.1, 0.15) is 17.0 Å². The monoisotopic (exact) mass is 339 g/mol. The third-order valence-corrected chi connectivity index (χ3v) is 2.42. The van der Waals surface area contributed by atoms with Crippen LogP contribution in [0.2, 0.25) is 0 Å². The maximum absolute atomic E-state index is 10.9. The first-order chi connectivity index (χ1) is 10.9. The molecule has 0 saturated heterocycles. The van der Waals surface area contributed by atoms with Gasteiger partial charge in [-0.05, 0) is 60.6 Å². The van der Waals surface area contributed by atoms with Gasteiger partial charge in [-0.25, -0.2) is 4.79 Å². The smallest absolute Gasteiger partial charge is 0.407 e. The van der Waals surface area contributed by atoms with Crippen molar-refractivity contribution >= 4 is 6.09 Å². The Kier molecular flexibility index (Phi) is 9.44. The van der Waals surface area contributed by atoms with Gasteiger partial charge in [0, 0.05) is 13.7 Å². The molecule has 5 nitrogen and oxygen atoms in total. The summed E-state index contributed by atoms with van der Waals surface area (Å²) in [5.74, 6) is 0.938. The molecule has 0 aliphatic carbocycles. The molecule has 0 spiro atoms. The lowest BCUT2D eigenvalue weighted by Gasteiger charge is -2.21. The van der Waals surface area contributed by atoms with Crippen LogP contribution < -0.4 is 10.1 Å². The number of rotatable bonds is 4. The van der Waals surface area contributed by atoms with Crippen LogP contribution in [0.3, 0.4) is 0 Å². The van der Waals surface area contributed by atoms with E-state index >= 15 is 0 Å². The molecular formula is C19H33NO4. The first-order valence-electron chi connectivity index (χ1n) is 8.14. The van der Waals surface area contributed by atoms with Gasteiger partial charge in [0.15, 0.2) is 0 Å². The van der Waals surface area contributed by atoms with Crippen LogP contribution in [0.1, 0.15) is 47.1 Å². The molecule has 0 unspecified atom stereocenters. The molecule has 0 heterocycles. The number of alkyl carbamates (subject to hydrolysis) is 1. The van der Waals surface area contributed by atoms with Crippen LogP contribution in [0.5, 0.6) is 5.75 Å². The quantitative estimate of drug-likeness (QED) is 0.830. The molecule has 0 radical (unpaired) electrons. The van der Waals surface area contributed by atoms with Crippen molar-refractivity contribution in [1.29, 1.82) is 0 Å². The van der Waals surface area contributed by atoms with Crippen LogP contribution in [0.15, 0.2) is 24.3 Å². The lowest BCUT2D eigenvalue weighted by atomic mass is 10.2. The molecule has 1 aromatic carbocycles. The Labute approximate surface area is 146 Å². The molecule has 1 N–H and O–H groups in total. The number of methoxy groups -OCH3 is 1. The van der Waals surface area contributed by atoms with Crippen molar-refractivity contribution in [2.75, 3.05) is 20.3 Å². The van der Waals surface area contributed by atoms with Crippen molar-refractivity contribution in [3.8, 4) is 5.75 Å². The molecule has 1 rings (SSSR count). The van der Waals surface area contributed by atoms with Gasteiger partial charge in [0.25, 0.3) is 0 Å². The summed E-state index contributed by atoms with van der Waals surface area (Å²) in [5.41, 5.74) is 0.725. The molecule has 0 aliphatic heterocycles. The van der Waals surface area contributed by atoms with Crippen LogP contribution in [-0.2, 0) is 9.47 Å². The van der Waals surface area contributed by atoms with E-state index in [2.05, 4.69) is 24.4 Å². The Morgan fingerprint density at radius 2 is 1.54 bits per heavy atom. The SMILES string of the molecule is COCCNC(=O)OC(C)(C)C.Cc1ccc(OC(C)(C)C)cc1. The summed E-state index contributed by atoms with van der Waals surface area (Å²) in [4.78, 5) is 10.9. The minimum Gasteiger partial charge on any atom is -0.488 e. The second-order valence-electron chi connectivity index (χ2n) is 7.45. The number of hydrogen-bond donors (Lipinski definition) is 1. The van der Waals surface area contributed by atoms with Crippen molar-refractivity contribution in [1.82, 2.24) is 5.32 Å². The van der Waals surface area contributed by atoms with E-state index in [4.69, 9.17) is 14.2 Å². The Hall–Kier alpha value is -1.75. The third kappa shape index (κ3) is 13.9. The predicted molar refractivity (Wildman–Crippen MR) is 97.7 cm³/mol. The molecule has 0 atom stereocenters. The van der Waals surface area contributed by atoms with E-state index in [0.29, 0.717) is 13.2 Å². The van der Waals surface area contributed by atoms with Gasteiger partial charge in [-0.1, -0.05) is 17.7 Å². The summed E-state index contributed by atoms with van der Waals surface area (Å²) in [6.45, 7) is 14.7. The van der Waals surface area contributed by atoms with Crippen molar-refractivity contribution in [2.45, 2.75) is 59.7 Å². The zero-order valence-corrected chi connectivity index (χ0v) is 16.4. The van der Waals surface area contributed by atoms with Crippen molar-refractivity contribution in [3.63, 3.8) is 0 Å². The van der Waals surface area contributed by atoms with Gasteiger partial charge in [0.2, 0.25) is 0 Å². The summed E-state index contributed by atoms with van der Waals surface area (Å²) >= 11 is 0. The summed E-state index contributed by atoms with van der Waals surface area (Å²) in [6, 6.07) is 8.11. The van der Waals surface area contributed by atoms with Crippen molar-refractivity contribution < 1.29 is 19.0 Å². The molecule has 0 fully saturated rings. The largest absolute Gasteiger partial charge is 0.488 e. The highest BCUT2D eigenvalue weighted by Gasteiger charge is 2.15. The maximum atomic E-state index is 10.9. The summed E-state index contributed by atoms with van der Waals surface area (Å²) in [7, 11) is 1.58. The number of benzene rings is 1. The predicted octanol–water partition coefficient (Wildman–Crippen LogP) is 4.33. The number of nitrogens with one attached hydrogen (secondary N) is 1. The van der Waals surface area contributed by atoms with Gasteiger partial charge < -0.3 is 19.5 Å². The molecule has 1 amide bonds. The maximum Gasteiger partial charge on any atom is 0.407 e. The molecule has 0 saturated carbocycles. The lowest BCUT2D eigenvalue weighted by Crippen LogP contribution is -2.34. The van der Waals surface area contributed by atoms with E-state index < -0.39 is 11.7 Å². The average molecular weight is 339 g/mol. The van der Waals surface area contributed by atoms with Crippen LogP contribution in [0.25, 0.3) is 0 Å². The Morgan fingerprint density at radius 1 is 1.00 bits per heavy atom. The van der Waals surface area contributed by atoms with E-state index in [0.717, 1.165) is 5.75 Å². The fourth-order valence-electron chi connectivity index (χ4n) is 1.53. The third-order valence-electron chi connectivity index (χ3n) is 2.42. The fraction of sp³-hybridized carbons (Fsp3) is 0.632. The fourth-order valence-corrected chi connectivity index (χ4v) is 1.53. The van der Waals surface area contributed by atoms with Gasteiger partial charge in [-0.3, -0.25) is 0 Å². The molecule has 0 aliphatic rings. The first kappa shape index (κ1) is 22.2. The van der Waals surface area contributed by atoms with Crippen LogP contribution in [0, 0.1) is 6.92 Å². The van der Waals surface area contributed by atoms with Gasteiger partial charge >= 0.3 is 6.09 Å². The van der Waals surface area contributed by atoms with E-state index in [1.165, 1.54) is 5.56 Å². The number of ether oxygens (including phenoxy) is 3. The minimum absolute atomic E-state index is 0.102. The van der Waals surface area contributed by atoms with Crippen LogP contribution in [-0.4, -0.2) is 37.6 Å². The molecule has 0 aromatic heterocycles. The highest BCUT2D eigenvalue weighted by Crippen LogP contribution is 2.17. The van der Waals surface area contributed by atoms with Gasteiger partial charge in [0.05, 0.1) is 6.61 Å². The van der Waals surface area contributed by atoms with Crippen LogP contribution >= 0.6 is 0 Å². The number of hydrogen-bond acceptors (Lipinski definition) is 4. The molecular weight excluding hydrogens is 306 g/mol. The number of aryl methyl sites for hydroxylation is 1. The Morgan fingerprint density at radius 3 is 1.96 bits per heavy atom. The number of carbonyl (C=O) groups is 1. The average Bonchev–Trinajstić information content (AvgIpc) is 2.39. The molecule has 24 heavy (non-hydrogen) atoms. The lowest BCUT2D eigenvalue weighted by molar-refractivity contribution is 0.0511. The topological polar surface area (TPSA) is 56.8 Å². The summed E-state index contributed by atoms with van der Waals surface area (Å²) in [6.07, 6.45) is -0.403. The van der Waals surface area contributed by atoms with Crippen molar-refractivity contribution in [3.05, 3.63) is 29.8 Å². The number of carbonyl (C=O) groups excluding carboxylic acids is 1. The normalized spacial score (nSPS) is 11.2. The highest BCUT2D eigenvalue weighted by molar-refractivity contribution is 5.67. The highest BCUT2D eigenvalue weighted by atomic mass is 16.6. The molecule has 5 heteroatoms. The van der Waals surface area contributed by atoms with E-state index in [1.807, 2.05) is 53.7 Å². The molecule has 0 bridgehead atoms. The zero-order valence-electron chi connectivity index (χ0n) is 16.4. The standard InChI is InChI=1S/C11H16O.C8H17NO3/c1-9-5-7-10(8-6-9)12-11(2,3)4;1-8(2,3)12-7(10)9-5-6-11-4/h5-8H,1-4H3;5-6H2,1-4H3,(H,9,10). The second kappa shape index (κ2) is 10.2. The van der Waals surface area contributed by atoms with Gasteiger partial charge in [-0.15, -0.1) is 0 Å². The van der Waals surface area contributed by atoms with E-state index in [-0.39, 0.29) is 5.60 Å². The second-order valence-corrected chi connectivity index (χ2v) is 7.45. The first-order valence-corrected chi connectivity index (χ1v) is 8.14. The summed E-state index contributed by atoms with van der Waals surface area (Å²) in [5, 5.41) is 2.55. The van der Waals surface area contributed by atoms with E-state index in [1.54, 1.807) is 7.11 Å². The Bertz CT molecular complexity index is 470.